The van der Waals surface area contributed by atoms with Gasteiger partial charge in [-0.1, -0.05) is 17.3 Å². The molecule has 0 aliphatic heterocycles. The van der Waals surface area contributed by atoms with Crippen LogP contribution in [-0.2, 0) is 17.8 Å². The van der Waals surface area contributed by atoms with Crippen LogP contribution in [0.2, 0.25) is 0 Å². The van der Waals surface area contributed by atoms with Crippen molar-refractivity contribution in [3.63, 3.8) is 0 Å². The van der Waals surface area contributed by atoms with E-state index in [2.05, 4.69) is 15.6 Å². The first-order valence-corrected chi connectivity index (χ1v) is 6.22. The number of benzene rings is 1. The molecule has 0 saturated heterocycles. The highest BCUT2D eigenvalue weighted by molar-refractivity contribution is 5.75. The number of rotatable bonds is 6. The van der Waals surface area contributed by atoms with Gasteiger partial charge in [-0.2, -0.15) is 0 Å². The maximum absolute atomic E-state index is 11.7. The standard InChI is InChI=1S/C13H17N5O2/c1-20-11-4-2-3-10(7-11)5-6-15-13(19)9-18-8-12(14)16-17-18/h2-4,7-8H,5-6,9,14H2,1H3,(H,15,19). The van der Waals surface area contributed by atoms with Crippen molar-refractivity contribution >= 4 is 11.7 Å². The Bertz CT molecular complexity index is 582. The first-order chi connectivity index (χ1) is 9.67. The van der Waals surface area contributed by atoms with E-state index < -0.39 is 0 Å². The summed E-state index contributed by atoms with van der Waals surface area (Å²) in [6, 6.07) is 7.75. The van der Waals surface area contributed by atoms with Crippen molar-refractivity contribution in [2.24, 2.45) is 0 Å². The van der Waals surface area contributed by atoms with Crippen molar-refractivity contribution in [1.82, 2.24) is 20.3 Å². The van der Waals surface area contributed by atoms with Crippen molar-refractivity contribution in [3.8, 4) is 5.75 Å². The van der Waals surface area contributed by atoms with Gasteiger partial charge in [0.05, 0.1) is 13.3 Å². The second-order valence-corrected chi connectivity index (χ2v) is 4.29. The summed E-state index contributed by atoms with van der Waals surface area (Å²) in [5.74, 6) is 0.985. The highest BCUT2D eigenvalue weighted by Crippen LogP contribution is 2.12. The monoisotopic (exact) mass is 275 g/mol. The Morgan fingerprint density at radius 2 is 2.35 bits per heavy atom. The van der Waals surface area contributed by atoms with Gasteiger partial charge in [-0.05, 0) is 24.1 Å². The van der Waals surface area contributed by atoms with E-state index in [0.29, 0.717) is 12.4 Å². The van der Waals surface area contributed by atoms with Gasteiger partial charge in [-0.25, -0.2) is 4.68 Å². The largest absolute Gasteiger partial charge is 0.497 e. The normalized spacial score (nSPS) is 10.2. The van der Waals surface area contributed by atoms with Crippen LogP contribution in [-0.4, -0.2) is 34.6 Å². The fraction of sp³-hybridized carbons (Fsp3) is 0.308. The van der Waals surface area contributed by atoms with Crippen molar-refractivity contribution in [2.45, 2.75) is 13.0 Å². The number of amides is 1. The Morgan fingerprint density at radius 1 is 1.50 bits per heavy atom. The third-order valence-corrected chi connectivity index (χ3v) is 2.73. The molecule has 2 rings (SSSR count). The number of nitrogens with zero attached hydrogens (tertiary/aromatic N) is 3. The first-order valence-electron chi connectivity index (χ1n) is 6.22. The zero-order valence-corrected chi connectivity index (χ0v) is 11.2. The molecule has 20 heavy (non-hydrogen) atoms. The molecule has 0 spiro atoms. The van der Waals surface area contributed by atoms with Crippen LogP contribution in [0, 0.1) is 0 Å². The van der Waals surface area contributed by atoms with Gasteiger partial charge in [0.1, 0.15) is 12.3 Å². The number of hydrogen-bond acceptors (Lipinski definition) is 5. The summed E-state index contributed by atoms with van der Waals surface area (Å²) < 4.78 is 6.54. The lowest BCUT2D eigenvalue weighted by atomic mass is 10.1. The molecule has 0 bridgehead atoms. The highest BCUT2D eigenvalue weighted by atomic mass is 16.5. The molecular weight excluding hydrogens is 258 g/mol. The van der Waals surface area contributed by atoms with Gasteiger partial charge in [0.25, 0.3) is 0 Å². The van der Waals surface area contributed by atoms with Gasteiger partial charge in [0.15, 0.2) is 5.82 Å². The van der Waals surface area contributed by atoms with Crippen LogP contribution in [0.1, 0.15) is 5.56 Å². The number of anilines is 1. The average Bonchev–Trinajstić information content (AvgIpc) is 2.84. The summed E-state index contributed by atoms with van der Waals surface area (Å²) in [4.78, 5) is 11.7. The smallest absolute Gasteiger partial charge is 0.241 e. The van der Waals surface area contributed by atoms with Crippen LogP contribution >= 0.6 is 0 Å². The third kappa shape index (κ3) is 3.98. The van der Waals surface area contributed by atoms with Gasteiger partial charge in [-0.3, -0.25) is 4.79 Å². The van der Waals surface area contributed by atoms with E-state index in [1.54, 1.807) is 7.11 Å². The lowest BCUT2D eigenvalue weighted by Crippen LogP contribution is -2.29. The SMILES string of the molecule is COc1cccc(CCNC(=O)Cn2cc(N)nn2)c1. The summed E-state index contributed by atoms with van der Waals surface area (Å²) in [5, 5.41) is 10.1. The van der Waals surface area contributed by atoms with Crippen LogP contribution < -0.4 is 15.8 Å². The molecule has 1 amide bonds. The molecule has 2 aromatic rings. The minimum Gasteiger partial charge on any atom is -0.497 e. The topological polar surface area (TPSA) is 95.1 Å². The molecule has 0 atom stereocenters. The van der Waals surface area contributed by atoms with Gasteiger partial charge < -0.3 is 15.8 Å². The van der Waals surface area contributed by atoms with E-state index in [9.17, 15) is 4.79 Å². The van der Waals surface area contributed by atoms with Crippen molar-refractivity contribution in [1.29, 1.82) is 0 Å². The molecule has 0 fully saturated rings. The number of carbonyl (C=O) groups is 1. The molecule has 1 heterocycles. The lowest BCUT2D eigenvalue weighted by molar-refractivity contribution is -0.121. The second kappa shape index (κ2) is 6.55. The molecule has 0 radical (unpaired) electrons. The highest BCUT2D eigenvalue weighted by Gasteiger charge is 2.04. The molecule has 7 heteroatoms. The molecule has 0 aliphatic carbocycles. The number of nitrogens with two attached hydrogens (primary N) is 1. The summed E-state index contributed by atoms with van der Waals surface area (Å²) >= 11 is 0. The third-order valence-electron chi connectivity index (χ3n) is 2.73. The second-order valence-electron chi connectivity index (χ2n) is 4.29. The minimum atomic E-state index is -0.127. The van der Waals surface area contributed by atoms with Crippen LogP contribution in [0.4, 0.5) is 5.82 Å². The maximum Gasteiger partial charge on any atom is 0.241 e. The van der Waals surface area contributed by atoms with E-state index in [1.807, 2.05) is 24.3 Å². The zero-order valence-electron chi connectivity index (χ0n) is 11.2. The van der Waals surface area contributed by atoms with Gasteiger partial charge >= 0.3 is 0 Å². The van der Waals surface area contributed by atoms with Crippen LogP contribution in [0.15, 0.2) is 30.5 Å². The Hall–Kier alpha value is -2.57. The van der Waals surface area contributed by atoms with E-state index in [-0.39, 0.29) is 12.5 Å². The van der Waals surface area contributed by atoms with Crippen LogP contribution in [0.3, 0.4) is 0 Å². The Labute approximate surface area is 116 Å². The number of nitrogens with one attached hydrogen (secondary N) is 1. The fourth-order valence-electron chi connectivity index (χ4n) is 1.77. The van der Waals surface area contributed by atoms with Gasteiger partial charge in [0.2, 0.25) is 5.91 Å². The quantitative estimate of drug-likeness (QED) is 0.786. The summed E-state index contributed by atoms with van der Waals surface area (Å²) in [5.41, 5.74) is 6.53. The Kier molecular flexibility index (Phi) is 4.54. The van der Waals surface area contributed by atoms with E-state index in [4.69, 9.17) is 10.5 Å². The molecule has 0 saturated carbocycles. The van der Waals surface area contributed by atoms with E-state index in [0.717, 1.165) is 17.7 Å². The molecule has 1 aromatic carbocycles. The van der Waals surface area contributed by atoms with Crippen LogP contribution in [0.5, 0.6) is 5.75 Å². The number of aromatic nitrogens is 3. The molecule has 7 nitrogen and oxygen atoms in total. The number of nitrogen functional groups attached to an aromatic ring is 1. The summed E-state index contributed by atoms with van der Waals surface area (Å²) in [6.45, 7) is 0.665. The van der Waals surface area contributed by atoms with Crippen molar-refractivity contribution < 1.29 is 9.53 Å². The Morgan fingerprint density at radius 3 is 3.05 bits per heavy atom. The molecular formula is C13H17N5O2. The number of hydrogen-bond donors (Lipinski definition) is 2. The molecule has 1 aromatic heterocycles. The number of ether oxygens (including phenoxy) is 1. The minimum absolute atomic E-state index is 0.113. The number of carbonyl (C=O) groups excluding carboxylic acids is 1. The fourth-order valence-corrected chi connectivity index (χ4v) is 1.77. The van der Waals surface area contributed by atoms with Crippen LogP contribution in [0.25, 0.3) is 0 Å². The van der Waals surface area contributed by atoms with E-state index in [1.165, 1.54) is 10.9 Å². The molecule has 106 valence electrons. The van der Waals surface area contributed by atoms with Gasteiger partial charge in [-0.15, -0.1) is 5.10 Å². The first kappa shape index (κ1) is 13.9. The molecule has 3 N–H and O–H groups in total. The predicted octanol–water partition coefficient (Wildman–Crippen LogP) is 0.228. The maximum atomic E-state index is 11.7. The zero-order chi connectivity index (χ0) is 14.4. The van der Waals surface area contributed by atoms with Crippen molar-refractivity contribution in [2.75, 3.05) is 19.4 Å². The van der Waals surface area contributed by atoms with Gasteiger partial charge in [0, 0.05) is 6.54 Å². The van der Waals surface area contributed by atoms with E-state index >= 15 is 0 Å². The van der Waals surface area contributed by atoms with Crippen molar-refractivity contribution in [3.05, 3.63) is 36.0 Å². The lowest BCUT2D eigenvalue weighted by Gasteiger charge is -2.06. The average molecular weight is 275 g/mol. The molecule has 0 aliphatic rings. The Balaban J connectivity index is 1.76. The number of methoxy groups -OCH3 is 1. The summed E-state index contributed by atoms with van der Waals surface area (Å²) in [7, 11) is 1.63. The molecule has 0 unspecified atom stereocenters. The summed E-state index contributed by atoms with van der Waals surface area (Å²) in [6.07, 6.45) is 2.25. The predicted molar refractivity (Wildman–Crippen MR) is 74.1 cm³/mol.